The van der Waals surface area contributed by atoms with Gasteiger partial charge in [0.25, 0.3) is 5.69 Å². The minimum absolute atomic E-state index is 0.0186. The summed E-state index contributed by atoms with van der Waals surface area (Å²) < 4.78 is 10.6. The lowest BCUT2D eigenvalue weighted by Crippen LogP contribution is -2.27. The lowest BCUT2D eigenvalue weighted by molar-refractivity contribution is -0.393. The van der Waals surface area contributed by atoms with Gasteiger partial charge >= 0.3 is 11.7 Å². The van der Waals surface area contributed by atoms with Gasteiger partial charge in [0, 0.05) is 32.1 Å². The highest BCUT2D eigenvalue weighted by Gasteiger charge is 2.24. The smallest absolute Gasteiger partial charge is 0.308 e. The summed E-state index contributed by atoms with van der Waals surface area (Å²) in [5.41, 5.74) is -0.305. The largest absolute Gasteiger partial charge is 0.494 e. The van der Waals surface area contributed by atoms with Gasteiger partial charge in [-0.05, 0) is 18.6 Å². The van der Waals surface area contributed by atoms with E-state index in [4.69, 9.17) is 21.1 Å². The number of nitrogens with one attached hydrogen (secondary N) is 1. The van der Waals surface area contributed by atoms with Gasteiger partial charge in [0.2, 0.25) is 5.91 Å². The van der Waals surface area contributed by atoms with Crippen LogP contribution in [0.2, 0.25) is 5.02 Å². The number of halogens is 1. The number of rotatable bonds is 14. The maximum Gasteiger partial charge on any atom is 0.308 e. The van der Waals surface area contributed by atoms with Crippen LogP contribution in [0, 0.1) is 20.2 Å². The Hall–Kier alpha value is -5.44. The summed E-state index contributed by atoms with van der Waals surface area (Å²) in [6.07, 6.45) is -0.0808. The number of Topliss-reactive ketones (excluding diaryl/α,β-unsaturated/α-hetero) is 1. The second-order valence-electron chi connectivity index (χ2n) is 9.25. The topological polar surface area (TPSA) is 196 Å². The Morgan fingerprint density at radius 2 is 1.70 bits per heavy atom. The van der Waals surface area contributed by atoms with Gasteiger partial charge in [-0.25, -0.2) is 0 Å². The first-order valence-corrected chi connectivity index (χ1v) is 13.2. The Balaban J connectivity index is 2.09. The highest BCUT2D eigenvalue weighted by Crippen LogP contribution is 2.43. The number of nitrogens with zero attached hydrogens (tertiary/aromatic N) is 5. The Morgan fingerprint density at radius 3 is 2.30 bits per heavy atom. The highest BCUT2D eigenvalue weighted by molar-refractivity contribution is 6.33. The summed E-state index contributed by atoms with van der Waals surface area (Å²) in [6.45, 7) is 2.66. The Morgan fingerprint density at radius 1 is 1.00 bits per heavy atom. The van der Waals surface area contributed by atoms with Crippen molar-refractivity contribution in [3.05, 3.63) is 85.4 Å². The molecule has 0 saturated heterocycles. The first-order chi connectivity index (χ1) is 20.9. The molecule has 1 amide bonds. The molecule has 3 rings (SSSR count). The van der Waals surface area contributed by atoms with E-state index in [2.05, 4.69) is 15.5 Å². The summed E-state index contributed by atoms with van der Waals surface area (Å²) in [7, 11) is 1.39. The molecule has 0 aromatic heterocycles. The number of nitro benzene ring substituents is 2. The zero-order valence-electron chi connectivity index (χ0n) is 23.8. The number of hydrogen-bond donors (Lipinski definition) is 1. The van der Waals surface area contributed by atoms with Gasteiger partial charge in [-0.15, -0.1) is 10.2 Å². The zero-order chi connectivity index (χ0) is 32.4. The van der Waals surface area contributed by atoms with Crippen LogP contribution >= 0.6 is 11.6 Å². The maximum atomic E-state index is 12.3. The Kier molecular flexibility index (Phi) is 11.4. The van der Waals surface area contributed by atoms with Gasteiger partial charge in [0.15, 0.2) is 11.5 Å². The number of benzene rings is 3. The number of methoxy groups -OCH3 is 1. The van der Waals surface area contributed by atoms with Gasteiger partial charge < -0.3 is 19.7 Å². The second-order valence-corrected chi connectivity index (χ2v) is 9.66. The van der Waals surface area contributed by atoms with Crippen molar-refractivity contribution in [3.63, 3.8) is 0 Å². The molecule has 0 radical (unpaired) electrons. The van der Waals surface area contributed by atoms with E-state index in [0.717, 1.165) is 11.6 Å². The number of ether oxygens (including phenoxy) is 2. The van der Waals surface area contributed by atoms with Crippen LogP contribution in [0.4, 0.5) is 34.1 Å². The fourth-order valence-corrected chi connectivity index (χ4v) is 4.17. The van der Waals surface area contributed by atoms with E-state index in [1.807, 2.05) is 30.3 Å². The fourth-order valence-electron chi connectivity index (χ4n) is 3.93. The predicted octanol–water partition coefficient (Wildman–Crippen LogP) is 6.07. The monoisotopic (exact) mass is 626 g/mol. The van der Waals surface area contributed by atoms with E-state index >= 15 is 0 Å². The number of ketones is 1. The molecule has 0 aliphatic heterocycles. The standard InChI is InChI=1S/C28H27ClN6O9/c1-17(36)16-44-27(38)9-10-33(15-19-7-5-4-6-8-19)24-13-22(30-18(2)37)23(14-26(24)43-3)31-32-28-21(29)11-20(34(39)40)12-25(28)35(41)42/h4-8,11-14H,9-10,15-16H2,1-3H3,(H,30,37). The third kappa shape index (κ3) is 9.03. The molecule has 3 aromatic rings. The lowest BCUT2D eigenvalue weighted by atomic mass is 10.1. The number of non-ortho nitro benzene ring substituents is 1. The van der Waals surface area contributed by atoms with E-state index in [1.54, 1.807) is 4.90 Å². The molecule has 0 heterocycles. The summed E-state index contributed by atoms with van der Waals surface area (Å²) >= 11 is 6.10. The minimum Gasteiger partial charge on any atom is -0.494 e. The van der Waals surface area contributed by atoms with E-state index in [-0.39, 0.29) is 47.5 Å². The van der Waals surface area contributed by atoms with E-state index < -0.39 is 38.8 Å². The Labute approximate surface area is 255 Å². The second kappa shape index (κ2) is 15.2. The lowest BCUT2D eigenvalue weighted by Gasteiger charge is -2.27. The molecule has 0 spiro atoms. The molecule has 0 bridgehead atoms. The average Bonchev–Trinajstić information content (AvgIpc) is 2.97. The van der Waals surface area contributed by atoms with E-state index in [1.165, 1.54) is 33.1 Å². The van der Waals surface area contributed by atoms with Crippen LogP contribution in [0.5, 0.6) is 5.75 Å². The summed E-state index contributed by atoms with van der Waals surface area (Å²) in [4.78, 5) is 58.5. The van der Waals surface area contributed by atoms with Crippen LogP contribution in [0.1, 0.15) is 25.8 Å². The van der Waals surface area contributed by atoms with Crippen LogP contribution in [-0.4, -0.2) is 47.8 Å². The van der Waals surface area contributed by atoms with Crippen molar-refractivity contribution in [1.29, 1.82) is 0 Å². The normalized spacial score (nSPS) is 10.7. The van der Waals surface area contributed by atoms with Crippen LogP contribution in [0.25, 0.3) is 0 Å². The van der Waals surface area contributed by atoms with E-state index in [0.29, 0.717) is 18.3 Å². The molecule has 15 nitrogen and oxygen atoms in total. The summed E-state index contributed by atoms with van der Waals surface area (Å²) in [6, 6.07) is 13.9. The van der Waals surface area contributed by atoms with Gasteiger partial charge in [-0.2, -0.15) is 0 Å². The molecule has 0 aliphatic rings. The number of carbonyl (C=O) groups is 3. The third-order valence-corrected chi connectivity index (χ3v) is 6.17. The third-order valence-electron chi connectivity index (χ3n) is 5.88. The SMILES string of the molecule is COc1cc(N=Nc2c(Cl)cc([N+](=O)[O-])cc2[N+](=O)[O-])c(NC(C)=O)cc1N(CCC(=O)OCC(C)=O)Cc1ccccc1. The van der Waals surface area contributed by atoms with Crippen molar-refractivity contribution >= 4 is 63.4 Å². The van der Waals surface area contributed by atoms with Gasteiger partial charge in [0.05, 0.1) is 45.8 Å². The average molecular weight is 627 g/mol. The molecular weight excluding hydrogens is 600 g/mol. The van der Waals surface area contributed by atoms with Crippen molar-refractivity contribution in [2.75, 3.05) is 30.5 Å². The number of hydrogen-bond acceptors (Lipinski definition) is 12. The summed E-state index contributed by atoms with van der Waals surface area (Å²) in [5, 5.41) is 33.0. The zero-order valence-corrected chi connectivity index (χ0v) is 24.6. The number of anilines is 2. The molecule has 3 aromatic carbocycles. The molecule has 1 N–H and O–H groups in total. The van der Waals surface area contributed by atoms with Gasteiger partial charge in [0.1, 0.15) is 18.0 Å². The molecule has 230 valence electrons. The van der Waals surface area contributed by atoms with Gasteiger partial charge in [-0.3, -0.25) is 34.6 Å². The number of nitro groups is 2. The number of esters is 1. The fraction of sp³-hybridized carbons (Fsp3) is 0.250. The molecule has 0 aliphatic carbocycles. The van der Waals surface area contributed by atoms with E-state index in [9.17, 15) is 34.6 Å². The molecule has 0 fully saturated rings. The van der Waals surface area contributed by atoms with Crippen molar-refractivity contribution in [2.45, 2.75) is 26.8 Å². The predicted molar refractivity (Wildman–Crippen MR) is 160 cm³/mol. The van der Waals surface area contributed by atoms with Crippen molar-refractivity contribution in [3.8, 4) is 5.75 Å². The quantitative estimate of drug-likeness (QED) is 0.0948. The Bertz CT molecular complexity index is 1610. The minimum atomic E-state index is -0.880. The van der Waals surface area contributed by atoms with Crippen LogP contribution in [0.3, 0.4) is 0 Å². The molecule has 0 saturated carbocycles. The summed E-state index contributed by atoms with van der Waals surface area (Å²) in [5.74, 6) is -1.12. The van der Waals surface area contributed by atoms with Crippen LogP contribution < -0.4 is 15.0 Å². The van der Waals surface area contributed by atoms with Gasteiger partial charge in [-0.1, -0.05) is 41.9 Å². The molecule has 0 atom stereocenters. The van der Waals surface area contributed by atoms with Crippen LogP contribution in [0.15, 0.2) is 64.8 Å². The molecule has 44 heavy (non-hydrogen) atoms. The molecule has 16 heteroatoms. The first-order valence-electron chi connectivity index (χ1n) is 12.9. The molecular formula is C28H27ClN6O9. The van der Waals surface area contributed by atoms with Crippen molar-refractivity contribution < 1.29 is 33.7 Å². The molecule has 0 unspecified atom stereocenters. The first kappa shape index (κ1) is 33.1. The number of carbonyl (C=O) groups excluding carboxylic acids is 3. The van der Waals surface area contributed by atoms with Crippen LogP contribution in [-0.2, 0) is 25.7 Å². The maximum absolute atomic E-state index is 12.3. The highest BCUT2D eigenvalue weighted by atomic mass is 35.5. The number of azo groups is 1. The van der Waals surface area contributed by atoms with Crippen molar-refractivity contribution in [1.82, 2.24) is 0 Å². The number of amides is 1. The van der Waals surface area contributed by atoms with Crippen molar-refractivity contribution in [2.24, 2.45) is 10.2 Å².